The number of amides is 3. The van der Waals surface area contributed by atoms with Crippen molar-refractivity contribution < 1.29 is 28.2 Å². The molecule has 1 N–H and O–H groups in total. The highest BCUT2D eigenvalue weighted by Crippen LogP contribution is 2.40. The highest BCUT2D eigenvalue weighted by atomic mass is 19.1. The lowest BCUT2D eigenvalue weighted by Gasteiger charge is -2.44. The molecular formula is C35H44FN5O5. The lowest BCUT2D eigenvalue weighted by atomic mass is 9.88. The van der Waals surface area contributed by atoms with E-state index in [0.29, 0.717) is 55.1 Å². The van der Waals surface area contributed by atoms with E-state index in [9.17, 15) is 9.59 Å². The zero-order valence-corrected chi connectivity index (χ0v) is 27.7. The van der Waals surface area contributed by atoms with Gasteiger partial charge in [-0.15, -0.1) is 0 Å². The molecule has 0 atom stereocenters. The molecule has 2 heterocycles. The SMILES string of the molecule is COc1ccc(CNc2cc3c(cn2)CN(c2c(C)cccc2F)C(=O)N3C2CCC(N(C)C(=O)OC(C)(C)C)CC2)c(OC)c1. The Labute approximate surface area is 270 Å². The monoisotopic (exact) mass is 633 g/mol. The van der Waals surface area contributed by atoms with Gasteiger partial charge in [0.2, 0.25) is 0 Å². The zero-order valence-electron chi connectivity index (χ0n) is 27.7. The van der Waals surface area contributed by atoms with Crippen molar-refractivity contribution >= 4 is 29.3 Å². The lowest BCUT2D eigenvalue weighted by molar-refractivity contribution is 0.0183. The number of methoxy groups -OCH3 is 2. The third kappa shape index (κ3) is 6.98. The minimum Gasteiger partial charge on any atom is -0.497 e. The summed E-state index contributed by atoms with van der Waals surface area (Å²) in [6.07, 6.45) is 4.14. The van der Waals surface area contributed by atoms with Crippen molar-refractivity contribution in [1.82, 2.24) is 9.88 Å². The van der Waals surface area contributed by atoms with E-state index in [0.717, 1.165) is 16.8 Å². The summed E-state index contributed by atoms with van der Waals surface area (Å²) < 4.78 is 31.7. The summed E-state index contributed by atoms with van der Waals surface area (Å²) in [6.45, 7) is 8.00. The Hall–Kier alpha value is -4.54. The van der Waals surface area contributed by atoms with Gasteiger partial charge in [-0.3, -0.25) is 9.80 Å². The Morgan fingerprint density at radius 2 is 1.83 bits per heavy atom. The van der Waals surface area contributed by atoms with Crippen LogP contribution in [0.1, 0.15) is 63.1 Å². The van der Waals surface area contributed by atoms with E-state index in [-0.39, 0.29) is 36.4 Å². The highest BCUT2D eigenvalue weighted by molar-refractivity contribution is 6.07. The molecule has 5 rings (SSSR count). The summed E-state index contributed by atoms with van der Waals surface area (Å²) in [7, 11) is 4.99. The fraction of sp³-hybridized carbons (Fsp3) is 0.457. The fourth-order valence-corrected chi connectivity index (χ4v) is 6.25. The molecule has 11 heteroatoms. The number of rotatable bonds is 8. The standard InChI is InChI=1S/C35H44FN5O5/c1-22-9-8-10-28(36)32(22)40-21-24-20-38-31(37-19-23-11-16-27(44-6)17-30(23)45-7)18-29(24)41(33(40)42)26-14-12-25(13-15-26)39(5)34(43)46-35(2,3)4/h8-11,16-18,20,25-26H,12-15,19,21H2,1-7H3,(H,37,38). The second-order valence-electron chi connectivity index (χ2n) is 12.9. The van der Waals surface area contributed by atoms with Gasteiger partial charge in [-0.25, -0.2) is 19.0 Å². The molecule has 3 amide bonds. The van der Waals surface area contributed by atoms with Gasteiger partial charge >= 0.3 is 12.1 Å². The maximum atomic E-state index is 15.2. The van der Waals surface area contributed by atoms with Crippen molar-refractivity contribution in [3.8, 4) is 11.5 Å². The van der Waals surface area contributed by atoms with E-state index in [2.05, 4.69) is 10.3 Å². The lowest BCUT2D eigenvalue weighted by Crippen LogP contribution is -2.54. The molecule has 1 saturated carbocycles. The quantitative estimate of drug-likeness (QED) is 0.278. The van der Waals surface area contributed by atoms with E-state index < -0.39 is 11.4 Å². The van der Waals surface area contributed by atoms with Crippen LogP contribution < -0.4 is 24.6 Å². The average Bonchev–Trinajstić information content (AvgIpc) is 3.02. The molecule has 0 saturated heterocycles. The first kappa shape index (κ1) is 32.8. The van der Waals surface area contributed by atoms with Crippen molar-refractivity contribution in [1.29, 1.82) is 0 Å². The van der Waals surface area contributed by atoms with E-state index in [1.807, 2.05) is 58.0 Å². The number of para-hydroxylation sites is 1. The van der Waals surface area contributed by atoms with E-state index in [4.69, 9.17) is 14.2 Å². The van der Waals surface area contributed by atoms with E-state index in [1.165, 1.54) is 11.0 Å². The molecule has 3 aromatic rings. The molecule has 2 aliphatic rings. The fourth-order valence-electron chi connectivity index (χ4n) is 6.25. The van der Waals surface area contributed by atoms with Crippen molar-refractivity contribution in [3.63, 3.8) is 0 Å². The Morgan fingerprint density at radius 3 is 2.48 bits per heavy atom. The number of carbonyl (C=O) groups is 2. The van der Waals surface area contributed by atoms with Gasteiger partial charge in [-0.2, -0.15) is 0 Å². The number of carbonyl (C=O) groups excluding carboxylic acids is 2. The number of hydrogen-bond donors (Lipinski definition) is 1. The first-order valence-corrected chi connectivity index (χ1v) is 15.7. The third-order valence-corrected chi connectivity index (χ3v) is 8.66. The van der Waals surface area contributed by atoms with E-state index in [1.54, 1.807) is 43.3 Å². The molecule has 1 aromatic heterocycles. The molecule has 0 bridgehead atoms. The number of aromatic nitrogens is 1. The number of pyridine rings is 1. The van der Waals surface area contributed by atoms with Crippen LogP contribution in [0.25, 0.3) is 0 Å². The topological polar surface area (TPSA) is 96.5 Å². The Bertz CT molecular complexity index is 1560. The van der Waals surface area contributed by atoms with Crippen molar-refractivity contribution in [2.75, 3.05) is 36.4 Å². The van der Waals surface area contributed by atoms with Gasteiger partial charge < -0.3 is 24.4 Å². The number of fused-ring (bicyclic) bond motifs is 1. The minimum atomic E-state index is -0.584. The van der Waals surface area contributed by atoms with Crippen LogP contribution in [0.15, 0.2) is 48.7 Å². The Kier molecular flexibility index (Phi) is 9.60. The molecule has 2 aromatic carbocycles. The van der Waals surface area contributed by atoms with Gasteiger partial charge in [0, 0.05) is 55.1 Å². The number of benzene rings is 2. The molecule has 10 nitrogen and oxygen atoms in total. The van der Waals surface area contributed by atoms with Gasteiger partial charge in [0.15, 0.2) is 0 Å². The molecular weight excluding hydrogens is 589 g/mol. The van der Waals surface area contributed by atoms with Gasteiger partial charge in [0.05, 0.1) is 32.1 Å². The minimum absolute atomic E-state index is 0.00970. The van der Waals surface area contributed by atoms with Crippen LogP contribution in [0.3, 0.4) is 0 Å². The second kappa shape index (κ2) is 13.4. The van der Waals surface area contributed by atoms with Gasteiger partial charge in [-0.05, 0) is 77.1 Å². The van der Waals surface area contributed by atoms with Crippen LogP contribution >= 0.6 is 0 Å². The second-order valence-corrected chi connectivity index (χ2v) is 12.9. The summed E-state index contributed by atoms with van der Waals surface area (Å²) in [5, 5.41) is 3.37. The van der Waals surface area contributed by atoms with Crippen LogP contribution in [0.5, 0.6) is 11.5 Å². The van der Waals surface area contributed by atoms with Crippen LogP contribution in [-0.2, 0) is 17.8 Å². The Morgan fingerprint density at radius 1 is 1.09 bits per heavy atom. The number of halogens is 1. The summed E-state index contributed by atoms with van der Waals surface area (Å²) in [4.78, 5) is 36.8. The van der Waals surface area contributed by atoms with Crippen LogP contribution in [0, 0.1) is 12.7 Å². The normalized spacial score (nSPS) is 18.1. The predicted octanol–water partition coefficient (Wildman–Crippen LogP) is 7.28. The summed E-state index contributed by atoms with van der Waals surface area (Å²) in [6, 6.07) is 11.9. The van der Waals surface area contributed by atoms with Gasteiger partial charge in [0.25, 0.3) is 0 Å². The third-order valence-electron chi connectivity index (χ3n) is 8.66. The number of anilines is 3. The molecule has 0 spiro atoms. The first-order valence-electron chi connectivity index (χ1n) is 15.7. The molecule has 246 valence electrons. The Balaban J connectivity index is 1.42. The highest BCUT2D eigenvalue weighted by Gasteiger charge is 2.40. The molecule has 1 aliphatic heterocycles. The summed E-state index contributed by atoms with van der Waals surface area (Å²) in [5.74, 6) is 1.54. The molecule has 0 radical (unpaired) electrons. The number of urea groups is 1. The maximum Gasteiger partial charge on any atom is 0.410 e. The number of nitrogens with zero attached hydrogens (tertiary/aromatic N) is 4. The van der Waals surface area contributed by atoms with Gasteiger partial charge in [0.1, 0.15) is 28.7 Å². The summed E-state index contributed by atoms with van der Waals surface area (Å²) >= 11 is 0. The van der Waals surface area contributed by atoms with Crippen LogP contribution in [0.4, 0.5) is 31.2 Å². The van der Waals surface area contributed by atoms with Crippen molar-refractivity contribution in [3.05, 3.63) is 71.2 Å². The van der Waals surface area contributed by atoms with Gasteiger partial charge in [-0.1, -0.05) is 12.1 Å². The van der Waals surface area contributed by atoms with Crippen molar-refractivity contribution in [2.24, 2.45) is 0 Å². The molecule has 0 unspecified atom stereocenters. The molecule has 46 heavy (non-hydrogen) atoms. The molecule has 1 aliphatic carbocycles. The van der Waals surface area contributed by atoms with E-state index >= 15 is 4.39 Å². The number of nitrogens with one attached hydrogen (secondary N) is 1. The smallest absolute Gasteiger partial charge is 0.410 e. The maximum absolute atomic E-state index is 15.2. The van der Waals surface area contributed by atoms with Crippen LogP contribution in [-0.4, -0.2) is 61.0 Å². The number of aryl methyl sites for hydroxylation is 1. The molecule has 1 fully saturated rings. The zero-order chi connectivity index (χ0) is 33.2. The first-order chi connectivity index (χ1) is 21.9. The largest absolute Gasteiger partial charge is 0.497 e. The average molecular weight is 634 g/mol. The summed E-state index contributed by atoms with van der Waals surface area (Å²) in [5.41, 5.74) is 2.86. The number of ether oxygens (including phenoxy) is 3. The van der Waals surface area contributed by atoms with Crippen molar-refractivity contribution in [2.45, 2.75) is 84.2 Å². The predicted molar refractivity (Wildman–Crippen MR) is 176 cm³/mol. The van der Waals surface area contributed by atoms with Crippen LogP contribution in [0.2, 0.25) is 0 Å². The number of hydrogen-bond acceptors (Lipinski definition) is 7.